The minimum Gasteiger partial charge on any atom is -0.458 e. The van der Waals surface area contributed by atoms with Crippen LogP contribution in [0.15, 0.2) is 23.3 Å². The molecule has 0 aromatic heterocycles. The van der Waals surface area contributed by atoms with Crippen molar-refractivity contribution < 1.29 is 39.2 Å². The molecule has 0 radical (unpaired) electrons. The Morgan fingerprint density at radius 3 is 2.27 bits per heavy atom. The molecule has 3 N–H and O–H groups in total. The highest BCUT2D eigenvalue weighted by molar-refractivity contribution is 5.96. The standard InChI is InChI=1S/C36H56O8/c1-9-10-11-12-13-14-15-16-27(38)44-35-19-23(5)34-18-22(4)31(43-32(41)24(6)21(2)3)36(34,42)29(39)25(20-37)17-26(30(34)40)28(35)33(35,7)8/h17-18,21,23-24,26,28-29,31,37,39,42H,9-16,19-20H2,1-8H3/t23-,24?,26+,28-,29-,31+,34?,35+,36+/m1/s1. The Kier molecular flexibility index (Phi) is 10.0. The molecule has 0 amide bonds. The number of fused-ring (bicyclic) bond motifs is 3. The van der Waals surface area contributed by atoms with Gasteiger partial charge in [-0.15, -0.1) is 0 Å². The van der Waals surface area contributed by atoms with Crippen LogP contribution in [-0.2, 0) is 23.9 Å². The number of ketones is 1. The maximum atomic E-state index is 14.8. The molecule has 9 atom stereocenters. The first-order valence-corrected chi connectivity index (χ1v) is 17.0. The van der Waals surface area contributed by atoms with Crippen molar-refractivity contribution in [3.63, 3.8) is 0 Å². The SMILES string of the molecule is CCCCCCCCCC(=O)O[C@@]12C[C@@H](C)C34C=C(C)[C@H](OC(=O)C(C)C(C)C)[C@@]3(O)[C@H](O)C(CO)=C[C@H](C4=O)[C@@H]1C2(C)C. The largest absolute Gasteiger partial charge is 0.458 e. The second kappa shape index (κ2) is 12.6. The van der Waals surface area contributed by atoms with Gasteiger partial charge in [0.2, 0.25) is 0 Å². The van der Waals surface area contributed by atoms with Gasteiger partial charge in [0, 0.05) is 23.7 Å². The molecule has 8 nitrogen and oxygen atoms in total. The van der Waals surface area contributed by atoms with Crippen molar-refractivity contribution >= 4 is 17.7 Å². The predicted octanol–water partition coefficient (Wildman–Crippen LogP) is 5.46. The average Bonchev–Trinajstić information content (AvgIpc) is 3.36. The van der Waals surface area contributed by atoms with Crippen molar-refractivity contribution in [2.24, 2.45) is 40.4 Å². The summed E-state index contributed by atoms with van der Waals surface area (Å²) in [6, 6.07) is 0. The Labute approximate surface area is 263 Å². The minimum absolute atomic E-state index is 0.0171. The van der Waals surface area contributed by atoms with E-state index in [0.717, 1.165) is 19.3 Å². The molecule has 248 valence electrons. The molecular formula is C36H56O8. The Morgan fingerprint density at radius 2 is 1.68 bits per heavy atom. The number of carbonyl (C=O) groups is 3. The van der Waals surface area contributed by atoms with Gasteiger partial charge in [0.15, 0.2) is 17.5 Å². The fourth-order valence-corrected chi connectivity index (χ4v) is 8.87. The number of rotatable bonds is 13. The van der Waals surface area contributed by atoms with Gasteiger partial charge in [0.05, 0.1) is 17.9 Å². The fraction of sp³-hybridized carbons (Fsp3) is 0.806. The molecule has 1 spiro atoms. The van der Waals surface area contributed by atoms with Crippen LogP contribution in [0.3, 0.4) is 0 Å². The van der Waals surface area contributed by atoms with Gasteiger partial charge in [-0.25, -0.2) is 0 Å². The number of aliphatic hydroxyl groups excluding tert-OH is 2. The molecule has 0 aromatic carbocycles. The number of unbranched alkanes of at least 4 members (excludes halogenated alkanes) is 6. The molecule has 2 saturated carbocycles. The molecule has 44 heavy (non-hydrogen) atoms. The highest BCUT2D eigenvalue weighted by Gasteiger charge is 2.83. The molecule has 2 fully saturated rings. The zero-order valence-corrected chi connectivity index (χ0v) is 28.2. The smallest absolute Gasteiger partial charge is 0.309 e. The molecule has 0 heterocycles. The van der Waals surface area contributed by atoms with Crippen LogP contribution in [0.25, 0.3) is 0 Å². The molecule has 0 aliphatic heterocycles. The van der Waals surface area contributed by atoms with Crippen LogP contribution in [0.5, 0.6) is 0 Å². The van der Waals surface area contributed by atoms with Gasteiger partial charge in [-0.3, -0.25) is 14.4 Å². The van der Waals surface area contributed by atoms with E-state index in [0.29, 0.717) is 18.4 Å². The molecule has 2 unspecified atom stereocenters. The summed E-state index contributed by atoms with van der Waals surface area (Å²) < 4.78 is 12.3. The van der Waals surface area contributed by atoms with Gasteiger partial charge in [0.1, 0.15) is 11.7 Å². The van der Waals surface area contributed by atoms with Crippen molar-refractivity contribution in [2.75, 3.05) is 6.61 Å². The van der Waals surface area contributed by atoms with E-state index >= 15 is 0 Å². The summed E-state index contributed by atoms with van der Waals surface area (Å²) in [7, 11) is 0. The van der Waals surface area contributed by atoms with Crippen molar-refractivity contribution in [2.45, 2.75) is 137 Å². The van der Waals surface area contributed by atoms with Crippen LogP contribution in [0.1, 0.15) is 113 Å². The third kappa shape index (κ3) is 5.21. The third-order valence-corrected chi connectivity index (χ3v) is 11.9. The van der Waals surface area contributed by atoms with E-state index in [1.165, 1.54) is 25.7 Å². The topological polar surface area (TPSA) is 130 Å². The fourth-order valence-electron chi connectivity index (χ4n) is 8.87. The Hall–Kier alpha value is -2.03. The van der Waals surface area contributed by atoms with E-state index in [1.54, 1.807) is 26.0 Å². The lowest BCUT2D eigenvalue weighted by atomic mass is 9.59. The maximum Gasteiger partial charge on any atom is 0.309 e. The van der Waals surface area contributed by atoms with Crippen molar-refractivity contribution in [1.82, 2.24) is 0 Å². The first kappa shape index (κ1) is 34.8. The lowest BCUT2D eigenvalue weighted by molar-refractivity contribution is -0.206. The molecule has 4 aliphatic carbocycles. The number of hydrogen-bond acceptors (Lipinski definition) is 8. The van der Waals surface area contributed by atoms with Gasteiger partial charge in [-0.2, -0.15) is 0 Å². The van der Waals surface area contributed by atoms with E-state index in [9.17, 15) is 29.7 Å². The van der Waals surface area contributed by atoms with Gasteiger partial charge >= 0.3 is 11.9 Å². The number of Topliss-reactive ketones (excluding diaryl/α,β-unsaturated/α-hetero) is 1. The lowest BCUT2D eigenvalue weighted by Crippen LogP contribution is -2.66. The number of allylic oxidation sites excluding steroid dienone is 1. The molecule has 4 rings (SSSR count). The third-order valence-electron chi connectivity index (χ3n) is 11.9. The lowest BCUT2D eigenvalue weighted by Gasteiger charge is -2.49. The first-order chi connectivity index (χ1) is 20.6. The zero-order chi connectivity index (χ0) is 32.8. The van der Waals surface area contributed by atoms with Crippen LogP contribution in [-0.4, -0.2) is 63.1 Å². The van der Waals surface area contributed by atoms with Crippen molar-refractivity contribution in [3.05, 3.63) is 23.3 Å². The van der Waals surface area contributed by atoms with Crippen molar-refractivity contribution in [3.8, 4) is 0 Å². The summed E-state index contributed by atoms with van der Waals surface area (Å²) in [6.45, 7) is 14.7. The van der Waals surface area contributed by atoms with Crippen LogP contribution >= 0.6 is 0 Å². The van der Waals surface area contributed by atoms with Gasteiger partial charge in [-0.05, 0) is 42.7 Å². The number of carbonyl (C=O) groups excluding carboxylic acids is 3. The Morgan fingerprint density at radius 1 is 1.07 bits per heavy atom. The second-order valence-corrected chi connectivity index (χ2v) is 15.2. The number of aliphatic hydroxyl groups is 3. The van der Waals surface area contributed by atoms with Crippen LogP contribution < -0.4 is 0 Å². The number of ether oxygens (including phenoxy) is 2. The molecule has 0 saturated heterocycles. The van der Waals surface area contributed by atoms with Crippen LogP contribution in [0, 0.1) is 40.4 Å². The quantitative estimate of drug-likeness (QED) is 0.141. The average molecular weight is 617 g/mol. The second-order valence-electron chi connectivity index (χ2n) is 15.2. The maximum absolute atomic E-state index is 14.8. The molecule has 8 heteroatoms. The Bertz CT molecular complexity index is 1180. The summed E-state index contributed by atoms with van der Waals surface area (Å²) in [5.74, 6) is -3.39. The monoisotopic (exact) mass is 616 g/mol. The minimum atomic E-state index is -2.24. The highest BCUT2D eigenvalue weighted by Crippen LogP contribution is 2.75. The molecular weight excluding hydrogens is 560 g/mol. The summed E-state index contributed by atoms with van der Waals surface area (Å²) in [4.78, 5) is 41.3. The van der Waals surface area contributed by atoms with Gasteiger partial charge in [0.25, 0.3) is 0 Å². The molecule has 4 aliphatic rings. The van der Waals surface area contributed by atoms with Crippen LogP contribution in [0.2, 0.25) is 0 Å². The predicted molar refractivity (Wildman–Crippen MR) is 167 cm³/mol. The van der Waals surface area contributed by atoms with Crippen molar-refractivity contribution in [1.29, 1.82) is 0 Å². The number of esters is 2. The first-order valence-electron chi connectivity index (χ1n) is 17.0. The summed E-state index contributed by atoms with van der Waals surface area (Å²) in [5.41, 5.74) is -4.77. The summed E-state index contributed by atoms with van der Waals surface area (Å²) >= 11 is 0. The van der Waals surface area contributed by atoms with Gasteiger partial charge in [-0.1, -0.05) is 99.1 Å². The zero-order valence-electron chi connectivity index (χ0n) is 28.2. The van der Waals surface area contributed by atoms with E-state index in [2.05, 4.69) is 6.92 Å². The Balaban J connectivity index is 1.68. The summed E-state index contributed by atoms with van der Waals surface area (Å²) in [6.07, 6.45) is 8.55. The molecule has 2 bridgehead atoms. The van der Waals surface area contributed by atoms with E-state index in [4.69, 9.17) is 9.47 Å². The normalized spacial score (nSPS) is 37.6. The highest BCUT2D eigenvalue weighted by atomic mass is 16.6. The van der Waals surface area contributed by atoms with Gasteiger partial charge < -0.3 is 24.8 Å². The van der Waals surface area contributed by atoms with Crippen LogP contribution in [0.4, 0.5) is 0 Å². The summed E-state index contributed by atoms with van der Waals surface area (Å²) in [5, 5.41) is 34.9. The van der Waals surface area contributed by atoms with E-state index in [1.807, 2.05) is 34.6 Å². The molecule has 0 aromatic rings. The van der Waals surface area contributed by atoms with E-state index in [-0.39, 0.29) is 23.2 Å². The van der Waals surface area contributed by atoms with E-state index < -0.39 is 70.5 Å². The number of hydrogen-bond donors (Lipinski definition) is 3.